The van der Waals surface area contributed by atoms with Gasteiger partial charge < -0.3 is 15.0 Å². The van der Waals surface area contributed by atoms with Crippen LogP contribution in [0.15, 0.2) is 16.9 Å². The van der Waals surface area contributed by atoms with E-state index in [-0.39, 0.29) is 24.1 Å². The number of amides is 1. The summed E-state index contributed by atoms with van der Waals surface area (Å²) in [5, 5.41) is 8.97. The molecular formula is C14H18N2O4. The van der Waals surface area contributed by atoms with E-state index in [1.54, 1.807) is 19.9 Å². The fourth-order valence-corrected chi connectivity index (χ4v) is 2.05. The van der Waals surface area contributed by atoms with Crippen molar-refractivity contribution < 1.29 is 14.7 Å². The number of aliphatic carboxylic acids is 1. The molecule has 1 aromatic heterocycles. The summed E-state index contributed by atoms with van der Waals surface area (Å²) in [6.45, 7) is 3.43. The zero-order valence-corrected chi connectivity index (χ0v) is 11.5. The van der Waals surface area contributed by atoms with Gasteiger partial charge in [0.15, 0.2) is 0 Å². The molecule has 1 fully saturated rings. The van der Waals surface area contributed by atoms with Crippen LogP contribution in [0.25, 0.3) is 0 Å². The van der Waals surface area contributed by atoms with Gasteiger partial charge in [0.25, 0.3) is 11.5 Å². The Morgan fingerprint density at radius 3 is 2.60 bits per heavy atom. The van der Waals surface area contributed by atoms with Gasteiger partial charge in [0.05, 0.1) is 5.92 Å². The van der Waals surface area contributed by atoms with Crippen LogP contribution in [0, 0.1) is 12.8 Å². The molecule has 0 bridgehead atoms. The summed E-state index contributed by atoms with van der Waals surface area (Å²) in [7, 11) is 0. The SMILES string of the molecule is Cc1ccc(C(=O)N(CC(C)C(=O)O)C2CC2)c(=O)[nH]1. The molecule has 0 saturated heterocycles. The summed E-state index contributed by atoms with van der Waals surface area (Å²) in [4.78, 5) is 39.3. The molecule has 1 aliphatic rings. The second kappa shape index (κ2) is 5.48. The minimum Gasteiger partial charge on any atom is -0.481 e. The van der Waals surface area contributed by atoms with Gasteiger partial charge in [-0.1, -0.05) is 6.92 Å². The Bertz CT molecular complexity index is 589. The lowest BCUT2D eigenvalue weighted by Gasteiger charge is -2.24. The molecule has 1 unspecified atom stereocenters. The van der Waals surface area contributed by atoms with Crippen molar-refractivity contribution in [3.05, 3.63) is 33.7 Å². The van der Waals surface area contributed by atoms with Gasteiger partial charge in [-0.3, -0.25) is 14.4 Å². The van der Waals surface area contributed by atoms with Crippen LogP contribution in [-0.4, -0.2) is 39.5 Å². The first-order chi connectivity index (χ1) is 9.40. The normalized spacial score (nSPS) is 15.7. The average molecular weight is 278 g/mol. The number of nitrogens with one attached hydrogen (secondary N) is 1. The van der Waals surface area contributed by atoms with Crippen LogP contribution >= 0.6 is 0 Å². The maximum absolute atomic E-state index is 12.4. The van der Waals surface area contributed by atoms with Crippen LogP contribution in [0.4, 0.5) is 0 Å². The third-order valence-electron chi connectivity index (χ3n) is 3.43. The van der Waals surface area contributed by atoms with E-state index in [0.29, 0.717) is 5.69 Å². The lowest BCUT2D eigenvalue weighted by molar-refractivity contribution is -0.141. The number of H-pyrrole nitrogens is 1. The summed E-state index contributed by atoms with van der Waals surface area (Å²) >= 11 is 0. The summed E-state index contributed by atoms with van der Waals surface area (Å²) in [5.74, 6) is -1.98. The zero-order valence-electron chi connectivity index (χ0n) is 11.5. The number of rotatable bonds is 5. The maximum atomic E-state index is 12.4. The molecule has 2 N–H and O–H groups in total. The molecule has 108 valence electrons. The van der Waals surface area contributed by atoms with E-state index < -0.39 is 17.4 Å². The van der Waals surface area contributed by atoms with Crippen LogP contribution in [0.2, 0.25) is 0 Å². The first-order valence-electron chi connectivity index (χ1n) is 6.64. The number of aromatic nitrogens is 1. The smallest absolute Gasteiger partial charge is 0.308 e. The van der Waals surface area contributed by atoms with E-state index in [0.717, 1.165) is 12.8 Å². The monoisotopic (exact) mass is 278 g/mol. The standard InChI is InChI=1S/C14H18N2O4/c1-8(14(19)20)7-16(10-4-5-10)13(18)11-6-3-9(2)15-12(11)17/h3,6,8,10H,4-5,7H2,1-2H3,(H,15,17)(H,19,20). The first kappa shape index (κ1) is 14.3. The van der Waals surface area contributed by atoms with Crippen LogP contribution in [0.1, 0.15) is 35.8 Å². The van der Waals surface area contributed by atoms with Crippen LogP contribution in [-0.2, 0) is 4.79 Å². The number of carboxylic acids is 1. The zero-order chi connectivity index (χ0) is 14.9. The number of nitrogens with zero attached hydrogens (tertiary/aromatic N) is 1. The fraction of sp³-hybridized carbons (Fsp3) is 0.500. The van der Waals surface area contributed by atoms with E-state index in [2.05, 4.69) is 4.98 Å². The van der Waals surface area contributed by atoms with E-state index >= 15 is 0 Å². The third-order valence-corrected chi connectivity index (χ3v) is 3.43. The highest BCUT2D eigenvalue weighted by Gasteiger charge is 2.35. The Hall–Kier alpha value is -2.11. The van der Waals surface area contributed by atoms with Crippen molar-refractivity contribution in [2.45, 2.75) is 32.7 Å². The number of carbonyl (C=O) groups is 2. The van der Waals surface area contributed by atoms with E-state index in [4.69, 9.17) is 5.11 Å². The molecule has 0 spiro atoms. The lowest BCUT2D eigenvalue weighted by Crippen LogP contribution is -2.40. The molecule has 6 heteroatoms. The van der Waals surface area contributed by atoms with Gasteiger partial charge in [0.2, 0.25) is 0 Å². The molecule has 1 aliphatic carbocycles. The Kier molecular flexibility index (Phi) is 3.92. The number of carbonyl (C=O) groups excluding carboxylic acids is 1. The minimum absolute atomic E-state index is 0.0602. The van der Waals surface area contributed by atoms with Gasteiger partial charge in [-0.05, 0) is 31.9 Å². The second-order valence-electron chi connectivity index (χ2n) is 5.31. The van der Waals surface area contributed by atoms with Crippen molar-refractivity contribution in [2.24, 2.45) is 5.92 Å². The molecule has 20 heavy (non-hydrogen) atoms. The number of aryl methyl sites for hydroxylation is 1. The van der Waals surface area contributed by atoms with E-state index in [9.17, 15) is 14.4 Å². The largest absolute Gasteiger partial charge is 0.481 e. The van der Waals surface area contributed by atoms with E-state index in [1.165, 1.54) is 11.0 Å². The lowest BCUT2D eigenvalue weighted by atomic mass is 10.1. The van der Waals surface area contributed by atoms with Gasteiger partial charge >= 0.3 is 5.97 Å². The van der Waals surface area contributed by atoms with Gasteiger partial charge in [0.1, 0.15) is 5.56 Å². The summed E-state index contributed by atoms with van der Waals surface area (Å²) in [6.07, 6.45) is 1.73. The maximum Gasteiger partial charge on any atom is 0.308 e. The molecule has 1 amide bonds. The van der Waals surface area contributed by atoms with Crippen molar-refractivity contribution in [3.63, 3.8) is 0 Å². The first-order valence-corrected chi connectivity index (χ1v) is 6.64. The molecule has 0 radical (unpaired) electrons. The van der Waals surface area contributed by atoms with Crippen molar-refractivity contribution in [1.82, 2.24) is 9.88 Å². The summed E-state index contributed by atoms with van der Waals surface area (Å²) in [5.41, 5.74) is 0.326. The highest BCUT2D eigenvalue weighted by molar-refractivity contribution is 5.94. The van der Waals surface area contributed by atoms with Crippen LogP contribution in [0.3, 0.4) is 0 Å². The van der Waals surface area contributed by atoms with Crippen molar-refractivity contribution >= 4 is 11.9 Å². The molecule has 0 aromatic carbocycles. The summed E-state index contributed by atoms with van der Waals surface area (Å²) < 4.78 is 0. The Labute approximate surface area is 116 Å². The topological polar surface area (TPSA) is 90.5 Å². The number of carboxylic acid groups (broad SMARTS) is 1. The number of hydrogen-bond acceptors (Lipinski definition) is 3. The molecule has 1 aromatic rings. The second-order valence-corrected chi connectivity index (χ2v) is 5.31. The van der Waals surface area contributed by atoms with Gasteiger partial charge in [0, 0.05) is 18.3 Å². The highest BCUT2D eigenvalue weighted by Crippen LogP contribution is 2.28. The molecule has 0 aliphatic heterocycles. The fourth-order valence-electron chi connectivity index (χ4n) is 2.05. The Morgan fingerprint density at radius 1 is 1.45 bits per heavy atom. The Balaban J connectivity index is 2.23. The van der Waals surface area contributed by atoms with Crippen LogP contribution in [0.5, 0.6) is 0 Å². The highest BCUT2D eigenvalue weighted by atomic mass is 16.4. The number of aromatic amines is 1. The predicted molar refractivity (Wildman–Crippen MR) is 72.7 cm³/mol. The molecule has 2 rings (SSSR count). The molecule has 1 saturated carbocycles. The quantitative estimate of drug-likeness (QED) is 0.841. The van der Waals surface area contributed by atoms with Crippen molar-refractivity contribution in [3.8, 4) is 0 Å². The molecular weight excluding hydrogens is 260 g/mol. The minimum atomic E-state index is -0.943. The predicted octanol–water partition coefficient (Wildman–Crippen LogP) is 1.01. The summed E-state index contributed by atoms with van der Waals surface area (Å²) in [6, 6.07) is 3.22. The van der Waals surface area contributed by atoms with E-state index in [1.807, 2.05) is 0 Å². The Morgan fingerprint density at radius 2 is 2.10 bits per heavy atom. The number of hydrogen-bond donors (Lipinski definition) is 2. The molecule has 1 atom stereocenters. The van der Waals surface area contributed by atoms with Crippen molar-refractivity contribution in [1.29, 1.82) is 0 Å². The average Bonchev–Trinajstić information content (AvgIpc) is 3.19. The van der Waals surface area contributed by atoms with Crippen LogP contribution < -0.4 is 5.56 Å². The molecule has 1 heterocycles. The number of pyridine rings is 1. The van der Waals surface area contributed by atoms with Gasteiger partial charge in [-0.25, -0.2) is 0 Å². The van der Waals surface area contributed by atoms with Gasteiger partial charge in [-0.2, -0.15) is 0 Å². The van der Waals surface area contributed by atoms with Crippen molar-refractivity contribution in [2.75, 3.05) is 6.54 Å². The third kappa shape index (κ3) is 3.07. The molecule has 6 nitrogen and oxygen atoms in total. The van der Waals surface area contributed by atoms with Gasteiger partial charge in [-0.15, -0.1) is 0 Å².